The molecule has 0 aliphatic carbocycles. The van der Waals surface area contributed by atoms with Gasteiger partial charge >= 0.3 is 0 Å². The van der Waals surface area contributed by atoms with E-state index < -0.39 is 0 Å². The van der Waals surface area contributed by atoms with Gasteiger partial charge in [0.2, 0.25) is 0 Å². The maximum Gasteiger partial charge on any atom is 0.174 e. The van der Waals surface area contributed by atoms with E-state index in [0.717, 1.165) is 53.4 Å². The molecule has 2 aromatic rings. The van der Waals surface area contributed by atoms with Crippen molar-refractivity contribution < 1.29 is 9.47 Å². The lowest BCUT2D eigenvalue weighted by molar-refractivity contribution is 0.148. The molecule has 25 heavy (non-hydrogen) atoms. The summed E-state index contributed by atoms with van der Waals surface area (Å²) >= 11 is 2.34. The van der Waals surface area contributed by atoms with Crippen LogP contribution in [0.25, 0.3) is 0 Å². The smallest absolute Gasteiger partial charge is 0.174 e. The summed E-state index contributed by atoms with van der Waals surface area (Å²) in [6.07, 6.45) is 0. The summed E-state index contributed by atoms with van der Waals surface area (Å²) in [5.74, 6) is 1.64. The van der Waals surface area contributed by atoms with Gasteiger partial charge in [-0.2, -0.15) is 0 Å². The second-order valence-electron chi connectivity index (χ2n) is 6.46. The van der Waals surface area contributed by atoms with Crippen molar-refractivity contribution in [1.82, 2.24) is 9.80 Å². The summed E-state index contributed by atoms with van der Waals surface area (Å²) in [6, 6.07) is 14.5. The van der Waals surface area contributed by atoms with Gasteiger partial charge in [0, 0.05) is 32.7 Å². The minimum Gasteiger partial charge on any atom is -0.493 e. The Labute approximate surface area is 163 Å². The van der Waals surface area contributed by atoms with Gasteiger partial charge in [0.15, 0.2) is 11.5 Å². The van der Waals surface area contributed by atoms with Gasteiger partial charge < -0.3 is 14.4 Å². The molecule has 0 aromatic heterocycles. The van der Waals surface area contributed by atoms with Crippen molar-refractivity contribution in [2.24, 2.45) is 0 Å². The van der Waals surface area contributed by atoms with Crippen LogP contribution in [0, 0.1) is 3.57 Å². The van der Waals surface area contributed by atoms with E-state index in [2.05, 4.69) is 63.7 Å². The first-order chi connectivity index (χ1) is 12.2. The van der Waals surface area contributed by atoms with E-state index in [9.17, 15) is 0 Å². The molecule has 0 atom stereocenters. The van der Waals surface area contributed by atoms with E-state index in [1.165, 1.54) is 5.56 Å². The van der Waals surface area contributed by atoms with Crippen molar-refractivity contribution in [3.8, 4) is 11.5 Å². The molecule has 0 spiro atoms. The maximum absolute atomic E-state index is 6.05. The molecule has 1 aliphatic heterocycles. The number of hydrogen-bond donors (Lipinski definition) is 0. The minimum atomic E-state index is 0.547. The van der Waals surface area contributed by atoms with Crippen LogP contribution in [0.4, 0.5) is 0 Å². The number of ether oxygens (including phenoxy) is 2. The number of piperazine rings is 1. The van der Waals surface area contributed by atoms with Crippen molar-refractivity contribution in [1.29, 1.82) is 0 Å². The summed E-state index contributed by atoms with van der Waals surface area (Å²) in [5, 5.41) is 0. The van der Waals surface area contributed by atoms with E-state index in [-0.39, 0.29) is 0 Å². The van der Waals surface area contributed by atoms with E-state index in [1.54, 1.807) is 7.11 Å². The Morgan fingerprint density at radius 2 is 1.72 bits per heavy atom. The molecule has 4 nitrogen and oxygen atoms in total. The average Bonchev–Trinajstić information content (AvgIpc) is 2.63. The van der Waals surface area contributed by atoms with E-state index in [1.807, 2.05) is 18.2 Å². The van der Waals surface area contributed by atoms with Crippen LogP contribution in [0.2, 0.25) is 0 Å². The zero-order valence-electron chi connectivity index (χ0n) is 14.9. The van der Waals surface area contributed by atoms with Crippen LogP contribution >= 0.6 is 22.6 Å². The molecular formula is C20H25IN2O2. The average molecular weight is 452 g/mol. The Hall–Kier alpha value is -1.31. The van der Waals surface area contributed by atoms with Crippen LogP contribution in [-0.2, 0) is 13.2 Å². The van der Waals surface area contributed by atoms with Crippen molar-refractivity contribution in [3.05, 3.63) is 57.2 Å². The summed E-state index contributed by atoms with van der Waals surface area (Å²) in [7, 11) is 3.89. The predicted molar refractivity (Wildman–Crippen MR) is 109 cm³/mol. The van der Waals surface area contributed by atoms with Gasteiger partial charge in [-0.1, -0.05) is 30.3 Å². The molecule has 1 fully saturated rings. The maximum atomic E-state index is 6.05. The number of rotatable bonds is 6. The summed E-state index contributed by atoms with van der Waals surface area (Å²) in [4.78, 5) is 4.87. The molecule has 0 N–H and O–H groups in total. The summed E-state index contributed by atoms with van der Waals surface area (Å²) in [5.41, 5.74) is 2.43. The molecule has 0 saturated carbocycles. The Bertz CT molecular complexity index is 686. The fraction of sp³-hybridized carbons (Fsp3) is 0.400. The molecule has 1 aliphatic rings. The third-order valence-electron chi connectivity index (χ3n) is 4.52. The van der Waals surface area contributed by atoms with Crippen LogP contribution in [0.1, 0.15) is 11.1 Å². The highest BCUT2D eigenvalue weighted by Gasteiger charge is 2.17. The Kier molecular flexibility index (Phi) is 6.56. The molecule has 134 valence electrons. The second kappa shape index (κ2) is 8.87. The first kappa shape index (κ1) is 18.5. The topological polar surface area (TPSA) is 24.9 Å². The molecule has 0 radical (unpaired) electrons. The monoisotopic (exact) mass is 452 g/mol. The third-order valence-corrected chi connectivity index (χ3v) is 5.32. The number of nitrogens with zero attached hydrogens (tertiary/aromatic N) is 2. The van der Waals surface area contributed by atoms with Crippen molar-refractivity contribution in [2.45, 2.75) is 13.2 Å². The predicted octanol–water partition coefficient (Wildman–Crippen LogP) is 3.63. The zero-order chi connectivity index (χ0) is 17.6. The van der Waals surface area contributed by atoms with E-state index >= 15 is 0 Å². The molecular weight excluding hydrogens is 427 g/mol. The van der Waals surface area contributed by atoms with Gasteiger partial charge in [-0.25, -0.2) is 0 Å². The Balaban J connectivity index is 1.69. The SMILES string of the molecule is COc1cc(CN2CCN(C)CC2)cc(I)c1OCc1ccccc1. The molecule has 2 aromatic carbocycles. The fourth-order valence-corrected chi connectivity index (χ4v) is 3.82. The molecule has 3 rings (SSSR count). The van der Waals surface area contributed by atoms with Crippen LogP contribution in [0.5, 0.6) is 11.5 Å². The zero-order valence-corrected chi connectivity index (χ0v) is 17.0. The van der Waals surface area contributed by atoms with Gasteiger partial charge in [0.1, 0.15) is 6.61 Å². The molecule has 0 bridgehead atoms. The normalized spacial score (nSPS) is 16.0. The highest BCUT2D eigenvalue weighted by atomic mass is 127. The summed E-state index contributed by atoms with van der Waals surface area (Å²) in [6.45, 7) is 5.99. The highest BCUT2D eigenvalue weighted by molar-refractivity contribution is 14.1. The van der Waals surface area contributed by atoms with Crippen molar-refractivity contribution in [3.63, 3.8) is 0 Å². The third kappa shape index (κ3) is 5.09. The second-order valence-corrected chi connectivity index (χ2v) is 7.62. The van der Waals surface area contributed by atoms with E-state index in [0.29, 0.717) is 6.61 Å². The number of methoxy groups -OCH3 is 1. The lowest BCUT2D eigenvalue weighted by atomic mass is 10.1. The standard InChI is InChI=1S/C20H25IN2O2/c1-22-8-10-23(11-9-22)14-17-12-18(21)20(19(13-17)24-2)25-15-16-6-4-3-5-7-16/h3-7,12-13H,8-11,14-15H2,1-2H3. The number of hydrogen-bond acceptors (Lipinski definition) is 4. The van der Waals surface area contributed by atoms with E-state index in [4.69, 9.17) is 9.47 Å². The van der Waals surface area contributed by atoms with Gasteiger partial charge in [-0.15, -0.1) is 0 Å². The van der Waals surface area contributed by atoms with Gasteiger partial charge in [-0.3, -0.25) is 4.90 Å². The number of likely N-dealkylation sites (N-methyl/N-ethyl adjacent to an activating group) is 1. The fourth-order valence-electron chi connectivity index (χ4n) is 3.00. The van der Waals surface area contributed by atoms with Gasteiger partial charge in [0.25, 0.3) is 0 Å². The molecule has 1 heterocycles. The number of benzene rings is 2. The van der Waals surface area contributed by atoms with Gasteiger partial charge in [0.05, 0.1) is 10.7 Å². The highest BCUT2D eigenvalue weighted by Crippen LogP contribution is 2.35. The molecule has 0 amide bonds. The first-order valence-electron chi connectivity index (χ1n) is 8.59. The lowest BCUT2D eigenvalue weighted by Gasteiger charge is -2.32. The van der Waals surface area contributed by atoms with Crippen LogP contribution in [0.3, 0.4) is 0 Å². The molecule has 5 heteroatoms. The van der Waals surface area contributed by atoms with Crippen LogP contribution in [-0.4, -0.2) is 50.1 Å². The minimum absolute atomic E-state index is 0.547. The lowest BCUT2D eigenvalue weighted by Crippen LogP contribution is -2.43. The Morgan fingerprint density at radius 3 is 2.40 bits per heavy atom. The Morgan fingerprint density at radius 1 is 1.00 bits per heavy atom. The summed E-state index contributed by atoms with van der Waals surface area (Å²) < 4.78 is 12.8. The molecule has 0 unspecified atom stereocenters. The van der Waals surface area contributed by atoms with Crippen molar-refractivity contribution >= 4 is 22.6 Å². The first-order valence-corrected chi connectivity index (χ1v) is 9.67. The van der Waals surface area contributed by atoms with Crippen LogP contribution in [0.15, 0.2) is 42.5 Å². The van der Waals surface area contributed by atoms with Gasteiger partial charge in [-0.05, 0) is 52.9 Å². The van der Waals surface area contributed by atoms with Crippen molar-refractivity contribution in [2.75, 3.05) is 40.3 Å². The number of halogens is 1. The van der Waals surface area contributed by atoms with Crippen LogP contribution < -0.4 is 9.47 Å². The molecule has 1 saturated heterocycles. The quantitative estimate of drug-likeness (QED) is 0.626. The largest absolute Gasteiger partial charge is 0.493 e.